The van der Waals surface area contributed by atoms with Crippen LogP contribution in [0.15, 0.2) is 169 Å². The molecule has 0 nitrogen and oxygen atoms in total. The van der Waals surface area contributed by atoms with Gasteiger partial charge in [0.1, 0.15) is 0 Å². The zero-order chi connectivity index (χ0) is 38.6. The van der Waals surface area contributed by atoms with E-state index in [-0.39, 0.29) is 0 Å². The molecule has 2 aliphatic carbocycles. The van der Waals surface area contributed by atoms with Gasteiger partial charge in [-0.1, -0.05) is 0 Å². The van der Waals surface area contributed by atoms with E-state index in [4.69, 9.17) is 0 Å². The summed E-state index contributed by atoms with van der Waals surface area (Å²) >= 11 is -4.64. The van der Waals surface area contributed by atoms with Crippen molar-refractivity contribution in [3.05, 3.63) is 191 Å². The zero-order valence-electron chi connectivity index (χ0n) is 34.1. The predicted octanol–water partition coefficient (Wildman–Crippen LogP) is 14.1. The van der Waals surface area contributed by atoms with Crippen LogP contribution >= 0.6 is 0 Å². The van der Waals surface area contributed by atoms with Gasteiger partial charge in [0.25, 0.3) is 0 Å². The first-order chi connectivity index (χ1) is 27.6. The van der Waals surface area contributed by atoms with Crippen molar-refractivity contribution in [2.24, 2.45) is 0 Å². The number of rotatable bonds is 15. The van der Waals surface area contributed by atoms with Gasteiger partial charge in [-0.05, 0) is 0 Å². The van der Waals surface area contributed by atoms with Gasteiger partial charge in [0.2, 0.25) is 0 Å². The average molecular weight is 827 g/mol. The van der Waals surface area contributed by atoms with E-state index >= 15 is 0 Å². The second-order valence-electron chi connectivity index (χ2n) is 16.8. The van der Waals surface area contributed by atoms with Crippen molar-refractivity contribution < 1.29 is 17.9 Å². The predicted molar refractivity (Wildman–Crippen MR) is 245 cm³/mol. The standard InChI is InChI=1S/2C17H15.C12H11Si.2C4H9.Zr/c2*1-2-13-11-15-9-6-10-16(17(15)12-13)14-7-4-3-5-8-14;1-3-7-11(8-4-1)13-12-9-5-2-6-10-12;2*1-3-4-2;/h2*3-12H,2H2,1H3;1-10,13H;2*1,3-4H2,2H3;. The molecule has 0 aliphatic heterocycles. The van der Waals surface area contributed by atoms with E-state index < -0.39 is 23.9 Å². The van der Waals surface area contributed by atoms with Crippen molar-refractivity contribution in [3.8, 4) is 22.3 Å². The number of allylic oxidation sites excluding steroid dienone is 2. The Morgan fingerprint density at radius 1 is 0.429 bits per heavy atom. The molecule has 0 saturated carbocycles. The van der Waals surface area contributed by atoms with Gasteiger partial charge >= 0.3 is 341 Å². The molecule has 0 aromatic heterocycles. The van der Waals surface area contributed by atoms with Gasteiger partial charge < -0.3 is 0 Å². The normalized spacial score (nSPS) is 16.8. The van der Waals surface area contributed by atoms with Crippen LogP contribution in [-0.4, -0.2) is 5.92 Å². The summed E-state index contributed by atoms with van der Waals surface area (Å²) in [4.78, 5) is 0. The van der Waals surface area contributed by atoms with Crippen molar-refractivity contribution in [2.75, 3.05) is 0 Å². The van der Waals surface area contributed by atoms with E-state index in [2.05, 4.69) is 198 Å². The maximum absolute atomic E-state index is 4.64. The summed E-state index contributed by atoms with van der Waals surface area (Å²) in [5.74, 6) is -1.98. The Morgan fingerprint density at radius 2 is 0.804 bits per heavy atom. The molecule has 6 aromatic carbocycles. The molecule has 2 unspecified atom stereocenters. The molecular weight excluding hydrogens is 768 g/mol. The Hall–Kier alpha value is -4.10. The van der Waals surface area contributed by atoms with E-state index in [9.17, 15) is 0 Å². The first kappa shape index (κ1) is 38.8. The summed E-state index contributed by atoms with van der Waals surface area (Å²) in [6.45, 7) is 9.88. The molecule has 0 amide bonds. The third-order valence-corrected chi connectivity index (χ3v) is 59.2. The molecule has 0 bridgehead atoms. The van der Waals surface area contributed by atoms with Crippen LogP contribution in [0.1, 0.15) is 95.7 Å². The van der Waals surface area contributed by atoms with E-state index in [0.29, 0.717) is 7.25 Å². The summed E-state index contributed by atoms with van der Waals surface area (Å²) in [5.41, 5.74) is 15.2. The number of fused-ring (bicyclic) bond motifs is 2. The van der Waals surface area contributed by atoms with Crippen molar-refractivity contribution >= 4 is 28.4 Å². The van der Waals surface area contributed by atoms with Crippen molar-refractivity contribution in [1.29, 1.82) is 0 Å². The summed E-state index contributed by atoms with van der Waals surface area (Å²) in [7, 11) is 0. The first-order valence-electron chi connectivity index (χ1n) is 21.6. The number of unbranched alkanes of at least 4 members (excludes halogenated alkanes) is 2. The fourth-order valence-electron chi connectivity index (χ4n) is 12.1. The third-order valence-electron chi connectivity index (χ3n) is 14.1. The molecule has 0 spiro atoms. The SMILES string of the molecule is CCC[CH2][Zr]([CH2]CCC)([CH]1C(CC)=Cc2c(-c3ccccc3)cccc21)([CH]1C(CC)=Cc2c(-c3ccccc3)cccc21)[SiH](c1ccccc1)c1ccccc1. The van der Waals surface area contributed by atoms with Gasteiger partial charge in [0.05, 0.1) is 0 Å². The van der Waals surface area contributed by atoms with Crippen LogP contribution in [0.2, 0.25) is 8.26 Å². The van der Waals surface area contributed by atoms with Crippen LogP contribution in [-0.2, 0) is 17.9 Å². The molecule has 0 N–H and O–H groups in total. The van der Waals surface area contributed by atoms with E-state index in [1.165, 1.54) is 67.3 Å². The average Bonchev–Trinajstić information content (AvgIpc) is 3.86. The van der Waals surface area contributed by atoms with Crippen LogP contribution in [0.3, 0.4) is 0 Å². The van der Waals surface area contributed by atoms with Gasteiger partial charge in [-0.25, -0.2) is 0 Å². The second-order valence-corrected chi connectivity index (χ2v) is 47.0. The van der Waals surface area contributed by atoms with Gasteiger partial charge in [-0.3, -0.25) is 0 Å². The molecule has 56 heavy (non-hydrogen) atoms. The summed E-state index contributed by atoms with van der Waals surface area (Å²) in [5, 5.41) is 3.34. The van der Waals surface area contributed by atoms with Crippen LogP contribution in [0.4, 0.5) is 0 Å². The molecule has 8 rings (SSSR count). The van der Waals surface area contributed by atoms with Gasteiger partial charge in [0.15, 0.2) is 0 Å². The molecule has 6 aromatic rings. The maximum atomic E-state index is 2.72. The quantitative estimate of drug-likeness (QED) is 0.0905. The molecule has 2 aliphatic rings. The van der Waals surface area contributed by atoms with Crippen LogP contribution in [0.25, 0.3) is 34.4 Å². The van der Waals surface area contributed by atoms with E-state index in [1.54, 1.807) is 32.6 Å². The van der Waals surface area contributed by atoms with Gasteiger partial charge in [0, 0.05) is 0 Å². The van der Waals surface area contributed by atoms with Gasteiger partial charge in [-0.2, -0.15) is 0 Å². The minimum atomic E-state index is -4.64. The van der Waals surface area contributed by atoms with Crippen LogP contribution < -0.4 is 10.4 Å². The third kappa shape index (κ3) is 6.46. The Kier molecular flexibility index (Phi) is 11.6. The second kappa shape index (κ2) is 16.8. The monoisotopic (exact) mass is 825 g/mol. The van der Waals surface area contributed by atoms with Crippen molar-refractivity contribution in [3.63, 3.8) is 0 Å². The topological polar surface area (TPSA) is 0 Å². The minimum absolute atomic E-state index is 0.474. The molecular formula is C54H59SiZr. The Labute approximate surface area is 339 Å². The van der Waals surface area contributed by atoms with Crippen molar-refractivity contribution in [2.45, 2.75) is 81.7 Å². The molecule has 0 heterocycles. The first-order valence-corrected chi connectivity index (χ1v) is 33.9. The Balaban J connectivity index is 1.57. The molecule has 2 atom stereocenters. The van der Waals surface area contributed by atoms with Crippen LogP contribution in [0, 0.1) is 0 Å². The number of benzene rings is 6. The molecule has 0 radical (unpaired) electrons. The van der Waals surface area contributed by atoms with Gasteiger partial charge in [-0.15, -0.1) is 0 Å². The molecule has 0 saturated heterocycles. The fourth-order valence-corrected chi connectivity index (χ4v) is 69.9. The Morgan fingerprint density at radius 3 is 1.16 bits per heavy atom. The zero-order valence-corrected chi connectivity index (χ0v) is 37.7. The van der Waals surface area contributed by atoms with Crippen LogP contribution in [0.5, 0.6) is 0 Å². The fraction of sp³-hybridized carbons (Fsp3) is 0.259. The van der Waals surface area contributed by atoms with Crippen molar-refractivity contribution in [1.82, 2.24) is 0 Å². The number of hydrogen-bond acceptors (Lipinski definition) is 0. The summed E-state index contributed by atoms with van der Waals surface area (Å²) < 4.78 is 3.74. The van der Waals surface area contributed by atoms with E-state index in [1.807, 2.05) is 0 Å². The number of hydrogen-bond donors (Lipinski definition) is 0. The van der Waals surface area contributed by atoms with E-state index in [0.717, 1.165) is 12.8 Å². The molecule has 0 fully saturated rings. The summed E-state index contributed by atoms with van der Waals surface area (Å²) in [6.07, 6.45) is 12.7. The Bertz CT molecular complexity index is 2160. The molecule has 283 valence electrons. The molecule has 2 heteroatoms. The summed E-state index contributed by atoms with van der Waals surface area (Å²) in [6, 6.07) is 61.6.